The third-order valence-corrected chi connectivity index (χ3v) is 3.75. The van der Waals surface area contributed by atoms with Gasteiger partial charge in [-0.2, -0.15) is 4.68 Å². The fourth-order valence-electron chi connectivity index (χ4n) is 2.41. The van der Waals surface area contributed by atoms with E-state index in [-0.39, 0.29) is 36.5 Å². The van der Waals surface area contributed by atoms with Crippen molar-refractivity contribution in [2.45, 2.75) is 26.4 Å². The summed E-state index contributed by atoms with van der Waals surface area (Å²) < 4.78 is 15.8. The second-order valence-electron chi connectivity index (χ2n) is 5.81. The molecule has 0 saturated carbocycles. The Morgan fingerprint density at radius 1 is 1.30 bits per heavy atom. The lowest BCUT2D eigenvalue weighted by atomic mass is 10.2. The Balaban J connectivity index is 1.53. The van der Waals surface area contributed by atoms with Gasteiger partial charge in [-0.25, -0.2) is 14.1 Å². The van der Waals surface area contributed by atoms with Crippen molar-refractivity contribution in [1.82, 2.24) is 24.5 Å². The van der Waals surface area contributed by atoms with E-state index in [2.05, 4.69) is 20.5 Å². The van der Waals surface area contributed by atoms with E-state index in [9.17, 15) is 19.3 Å². The van der Waals surface area contributed by atoms with Crippen LogP contribution >= 0.6 is 0 Å². The summed E-state index contributed by atoms with van der Waals surface area (Å²) in [4.78, 5) is 26.2. The first-order valence-electron chi connectivity index (χ1n) is 8.03. The van der Waals surface area contributed by atoms with Crippen molar-refractivity contribution < 1.29 is 14.1 Å². The van der Waals surface area contributed by atoms with Crippen molar-refractivity contribution in [2.24, 2.45) is 0 Å². The number of carbonyl (C=O) groups excluding carboxylic acids is 1. The van der Waals surface area contributed by atoms with Gasteiger partial charge in [-0.1, -0.05) is 12.1 Å². The van der Waals surface area contributed by atoms with Crippen LogP contribution in [0.2, 0.25) is 0 Å². The standard InChI is InChI=1S/C16H16FN7O3/c1-11-8-14(24(26)27)20-23(11)7-6-15(25)19-16-18-10-22(21-16)9-12-2-4-13(17)5-3-12/h2-5,8,10H,6-7,9H2,1H3,(H,19,21,25). The number of halogens is 1. The van der Waals surface area contributed by atoms with Gasteiger partial charge in [0.2, 0.25) is 11.9 Å². The molecule has 0 fully saturated rings. The predicted octanol–water partition coefficient (Wildman–Crippen LogP) is 1.91. The third-order valence-electron chi connectivity index (χ3n) is 3.75. The lowest BCUT2D eigenvalue weighted by Gasteiger charge is -2.02. The summed E-state index contributed by atoms with van der Waals surface area (Å²) in [5, 5.41) is 21.2. The molecule has 0 atom stereocenters. The Bertz CT molecular complexity index is 965. The van der Waals surface area contributed by atoms with Crippen LogP contribution in [0.5, 0.6) is 0 Å². The van der Waals surface area contributed by atoms with Crippen LogP contribution in [0, 0.1) is 22.9 Å². The molecule has 2 aromatic heterocycles. The lowest BCUT2D eigenvalue weighted by Crippen LogP contribution is -2.16. The highest BCUT2D eigenvalue weighted by Gasteiger charge is 2.16. The van der Waals surface area contributed by atoms with E-state index < -0.39 is 4.92 Å². The number of nitrogens with zero attached hydrogens (tertiary/aromatic N) is 6. The highest BCUT2D eigenvalue weighted by molar-refractivity contribution is 5.88. The number of carbonyl (C=O) groups is 1. The van der Waals surface area contributed by atoms with Crippen LogP contribution in [-0.4, -0.2) is 35.4 Å². The summed E-state index contributed by atoms with van der Waals surface area (Å²) in [5.41, 5.74) is 1.44. The summed E-state index contributed by atoms with van der Waals surface area (Å²) in [5.74, 6) is -0.769. The molecule has 0 spiro atoms. The van der Waals surface area contributed by atoms with Gasteiger partial charge in [0.1, 0.15) is 12.1 Å². The normalized spacial score (nSPS) is 10.7. The van der Waals surface area contributed by atoms with Crippen LogP contribution in [0.25, 0.3) is 0 Å². The van der Waals surface area contributed by atoms with Crippen molar-refractivity contribution >= 4 is 17.7 Å². The summed E-state index contributed by atoms with van der Waals surface area (Å²) in [6.07, 6.45) is 1.52. The number of benzene rings is 1. The first-order valence-corrected chi connectivity index (χ1v) is 8.03. The van der Waals surface area contributed by atoms with E-state index in [4.69, 9.17) is 0 Å². The van der Waals surface area contributed by atoms with Crippen LogP contribution in [0.1, 0.15) is 17.7 Å². The molecule has 0 saturated heterocycles. The van der Waals surface area contributed by atoms with Gasteiger partial charge in [-0.15, -0.1) is 5.10 Å². The van der Waals surface area contributed by atoms with Gasteiger partial charge < -0.3 is 10.1 Å². The van der Waals surface area contributed by atoms with Crippen molar-refractivity contribution in [1.29, 1.82) is 0 Å². The number of aryl methyl sites for hydroxylation is 2. The molecule has 27 heavy (non-hydrogen) atoms. The van der Waals surface area contributed by atoms with Gasteiger partial charge in [0, 0.05) is 6.42 Å². The second-order valence-corrected chi connectivity index (χ2v) is 5.81. The zero-order chi connectivity index (χ0) is 19.4. The minimum absolute atomic E-state index is 0.0617. The van der Waals surface area contributed by atoms with Gasteiger partial charge in [0.05, 0.1) is 29.9 Å². The fourth-order valence-corrected chi connectivity index (χ4v) is 2.41. The third kappa shape index (κ3) is 4.71. The van der Waals surface area contributed by atoms with Crippen LogP contribution in [0.4, 0.5) is 16.2 Å². The van der Waals surface area contributed by atoms with E-state index in [1.807, 2.05) is 0 Å². The van der Waals surface area contributed by atoms with Crippen molar-refractivity contribution in [2.75, 3.05) is 5.32 Å². The average Bonchev–Trinajstić information content (AvgIpc) is 3.21. The molecule has 0 aliphatic rings. The number of nitrogens with one attached hydrogen (secondary N) is 1. The Hall–Kier alpha value is -3.63. The van der Waals surface area contributed by atoms with E-state index >= 15 is 0 Å². The zero-order valence-electron chi connectivity index (χ0n) is 14.4. The summed E-state index contributed by atoms with van der Waals surface area (Å²) in [6.45, 7) is 2.26. The largest absolute Gasteiger partial charge is 0.390 e. The summed E-state index contributed by atoms with van der Waals surface area (Å²) >= 11 is 0. The van der Waals surface area contributed by atoms with Crippen LogP contribution in [0.15, 0.2) is 36.7 Å². The van der Waals surface area contributed by atoms with Gasteiger partial charge >= 0.3 is 5.82 Å². The number of rotatable bonds is 7. The molecule has 0 aliphatic carbocycles. The average molecular weight is 373 g/mol. The molecule has 11 heteroatoms. The Morgan fingerprint density at radius 3 is 2.70 bits per heavy atom. The summed E-state index contributed by atoms with van der Waals surface area (Å²) in [7, 11) is 0. The molecular weight excluding hydrogens is 357 g/mol. The lowest BCUT2D eigenvalue weighted by molar-refractivity contribution is -0.389. The minimum Gasteiger partial charge on any atom is -0.358 e. The van der Waals surface area contributed by atoms with E-state index in [0.29, 0.717) is 12.2 Å². The van der Waals surface area contributed by atoms with Crippen molar-refractivity contribution in [3.63, 3.8) is 0 Å². The van der Waals surface area contributed by atoms with Gasteiger partial charge in [-0.05, 0) is 29.5 Å². The maximum atomic E-state index is 12.9. The SMILES string of the molecule is Cc1cc([N+](=O)[O-])nn1CCC(=O)Nc1ncn(Cc2ccc(F)cc2)n1. The molecule has 3 aromatic rings. The number of anilines is 1. The number of hydrogen-bond donors (Lipinski definition) is 1. The monoisotopic (exact) mass is 373 g/mol. The predicted molar refractivity (Wildman–Crippen MR) is 92.4 cm³/mol. The Kier molecular flexibility index (Phi) is 5.20. The second kappa shape index (κ2) is 7.72. The van der Waals surface area contributed by atoms with E-state index in [0.717, 1.165) is 5.56 Å². The molecule has 0 bridgehead atoms. The molecule has 1 aromatic carbocycles. The maximum Gasteiger partial charge on any atom is 0.390 e. The molecule has 0 unspecified atom stereocenters. The number of amides is 1. The first kappa shape index (κ1) is 18.2. The molecule has 1 amide bonds. The number of aromatic nitrogens is 5. The van der Waals surface area contributed by atoms with Gasteiger partial charge in [-0.3, -0.25) is 10.1 Å². The molecule has 0 radical (unpaired) electrons. The van der Waals surface area contributed by atoms with Gasteiger partial charge in [0.25, 0.3) is 0 Å². The fraction of sp³-hybridized carbons (Fsp3) is 0.250. The highest BCUT2D eigenvalue weighted by atomic mass is 19.1. The maximum absolute atomic E-state index is 12.9. The van der Waals surface area contributed by atoms with Crippen LogP contribution in [0.3, 0.4) is 0 Å². The molecule has 1 N–H and O–H groups in total. The van der Waals surface area contributed by atoms with Gasteiger partial charge in [0.15, 0.2) is 0 Å². The molecule has 3 rings (SSSR count). The molecular formula is C16H16FN7O3. The topological polar surface area (TPSA) is 121 Å². The Morgan fingerprint density at radius 2 is 2.04 bits per heavy atom. The quantitative estimate of drug-likeness (QED) is 0.499. The molecule has 10 nitrogen and oxygen atoms in total. The van der Waals surface area contributed by atoms with E-state index in [1.165, 1.54) is 33.9 Å². The minimum atomic E-state index is -0.582. The molecule has 140 valence electrons. The molecule has 2 heterocycles. The Labute approximate surface area is 152 Å². The number of hydrogen-bond acceptors (Lipinski definition) is 6. The number of nitro groups is 1. The zero-order valence-corrected chi connectivity index (χ0v) is 14.4. The van der Waals surface area contributed by atoms with Crippen molar-refractivity contribution in [3.8, 4) is 0 Å². The van der Waals surface area contributed by atoms with Crippen molar-refractivity contribution in [3.05, 3.63) is 63.8 Å². The van der Waals surface area contributed by atoms with Crippen LogP contribution < -0.4 is 5.32 Å². The van der Waals surface area contributed by atoms with Crippen LogP contribution in [-0.2, 0) is 17.9 Å². The smallest absolute Gasteiger partial charge is 0.358 e. The van der Waals surface area contributed by atoms with E-state index in [1.54, 1.807) is 19.1 Å². The summed E-state index contributed by atoms with van der Waals surface area (Å²) in [6, 6.07) is 7.34. The molecule has 0 aliphatic heterocycles. The highest BCUT2D eigenvalue weighted by Crippen LogP contribution is 2.11. The first-order chi connectivity index (χ1) is 12.9.